The van der Waals surface area contributed by atoms with Gasteiger partial charge in [0.25, 0.3) is 6.71 Å². The summed E-state index contributed by atoms with van der Waals surface area (Å²) in [6.45, 7) is 33.7. The number of hydrogen-bond donors (Lipinski definition) is 0. The molecule has 0 spiro atoms. The molecule has 454 valence electrons. The summed E-state index contributed by atoms with van der Waals surface area (Å²) in [6.07, 6.45) is 0. The Morgan fingerprint density at radius 2 is 0.826 bits per heavy atom. The van der Waals surface area contributed by atoms with Gasteiger partial charge < -0.3 is 14.4 Å². The summed E-state index contributed by atoms with van der Waals surface area (Å²) in [4.78, 5) is 4.86. The highest BCUT2D eigenvalue weighted by atomic mass is 15.2. The molecule has 14 rings (SSSR count). The Balaban J connectivity index is 1.13. The summed E-state index contributed by atoms with van der Waals surface area (Å²) >= 11 is 0. The zero-order chi connectivity index (χ0) is 68.9. The van der Waals surface area contributed by atoms with Gasteiger partial charge >= 0.3 is 0 Å². The van der Waals surface area contributed by atoms with Crippen molar-refractivity contribution in [1.82, 2.24) is 4.57 Å². The predicted octanol–water partition coefficient (Wildman–Crippen LogP) is 21.9. The molecule has 4 nitrogen and oxygen atoms in total. The maximum absolute atomic E-state index is 11.6. The summed E-state index contributed by atoms with van der Waals surface area (Å²) in [6, 6.07) is 73.9. The SMILES string of the molecule is [2H]c1c([2H])c([2H])c(-c2ccc3c(c2)N(c2ccc(-c4ccccc4)cc2-c2ccccc2)c2cc(C(C)(C)C)cc4c2B3c2ccc(-c3cc(C(C)(C)C)cc(C(C)(C)C)c3)cc2N4c2ccc(C#N)c(-n3c4cc(C(C)(C)C)ccc4c4ccc(C(C)(C)C)cc43)c2)c([2H])c1[2H]. The van der Waals surface area contributed by atoms with Crippen molar-refractivity contribution in [2.24, 2.45) is 0 Å². The van der Waals surface area contributed by atoms with Gasteiger partial charge in [-0.05, 0) is 177 Å². The molecular weight excluding hydrogens is 1110 g/mol. The highest BCUT2D eigenvalue weighted by molar-refractivity contribution is 7.00. The summed E-state index contributed by atoms with van der Waals surface area (Å²) in [7, 11) is 0. The second kappa shape index (κ2) is 21.8. The molecule has 92 heavy (non-hydrogen) atoms. The van der Waals surface area contributed by atoms with Crippen LogP contribution in [0.3, 0.4) is 0 Å². The monoisotopic (exact) mass is 1200 g/mol. The van der Waals surface area contributed by atoms with Crippen molar-refractivity contribution in [1.29, 1.82) is 5.26 Å². The second-order valence-corrected chi connectivity index (χ2v) is 30.7. The van der Waals surface area contributed by atoms with Gasteiger partial charge in [-0.2, -0.15) is 5.26 Å². The molecular formula is C87H83BN4. The number of nitriles is 1. The molecule has 11 aromatic carbocycles. The Labute approximate surface area is 553 Å². The number of anilines is 6. The highest BCUT2D eigenvalue weighted by Gasteiger charge is 2.45. The fraction of sp³-hybridized carbons (Fsp3) is 0.230. The van der Waals surface area contributed by atoms with Gasteiger partial charge in [-0.1, -0.05) is 268 Å². The highest BCUT2D eigenvalue weighted by Crippen LogP contribution is 2.51. The van der Waals surface area contributed by atoms with Gasteiger partial charge in [-0.15, -0.1) is 0 Å². The molecule has 1 aromatic heterocycles. The van der Waals surface area contributed by atoms with E-state index in [4.69, 9.17) is 4.11 Å². The van der Waals surface area contributed by atoms with Crippen molar-refractivity contribution >= 4 is 79.0 Å². The zero-order valence-corrected chi connectivity index (χ0v) is 55.9. The van der Waals surface area contributed by atoms with E-state index in [1.54, 1.807) is 0 Å². The minimum absolute atomic E-state index is 0.141. The van der Waals surface area contributed by atoms with Gasteiger partial charge in [0.2, 0.25) is 0 Å². The van der Waals surface area contributed by atoms with Crippen LogP contribution >= 0.6 is 0 Å². The fourth-order valence-electron chi connectivity index (χ4n) is 13.9. The average molecular weight is 1200 g/mol. The lowest BCUT2D eigenvalue weighted by Crippen LogP contribution is -2.61. The van der Waals surface area contributed by atoms with Crippen LogP contribution in [0.4, 0.5) is 34.1 Å². The Bertz CT molecular complexity index is 5140. The molecule has 0 bridgehead atoms. The third-order valence-corrected chi connectivity index (χ3v) is 19.3. The first-order chi connectivity index (χ1) is 45.8. The standard InChI is InChI=1S/C87H83BN4/c1-83(2,3)63-35-38-69-70-39-36-64(84(4,5)6)50-77(70)92(76(69)49-63)75-53-68(37-31-61(75)54-89)90-78-47-60(62-43-65(85(7,8)9)48-66(44-62)86(10,11)12)33-41-72(78)88-73-40-32-59(56-27-21-17-22-28-56)46-79(73)91(81-52-67(87(13,14)15)51-80(90)82(81)88)74-42-34-58(55-25-19-16-20-26-55)45-71(74)57-29-23-18-24-30-57/h16-53H,1-15H3/i17D,21D,22D,27D,28D. The summed E-state index contributed by atoms with van der Waals surface area (Å²) < 4.78 is 47.7. The van der Waals surface area contributed by atoms with Gasteiger partial charge in [-0.25, -0.2) is 0 Å². The van der Waals surface area contributed by atoms with E-state index >= 15 is 0 Å². The normalized spacial score (nSPS) is 14.1. The van der Waals surface area contributed by atoms with E-state index in [0.717, 1.165) is 117 Å². The smallest absolute Gasteiger partial charge is 0.252 e. The van der Waals surface area contributed by atoms with Crippen LogP contribution in [-0.2, 0) is 27.1 Å². The van der Waals surface area contributed by atoms with Gasteiger partial charge in [0, 0.05) is 44.8 Å². The first-order valence-corrected chi connectivity index (χ1v) is 32.5. The molecule has 0 fully saturated rings. The van der Waals surface area contributed by atoms with E-state index in [1.165, 1.54) is 22.3 Å². The Morgan fingerprint density at radius 3 is 1.36 bits per heavy atom. The first-order valence-electron chi connectivity index (χ1n) is 35.0. The van der Waals surface area contributed by atoms with Crippen LogP contribution in [0.5, 0.6) is 0 Å². The van der Waals surface area contributed by atoms with E-state index in [1.807, 2.05) is 24.3 Å². The third-order valence-electron chi connectivity index (χ3n) is 19.3. The van der Waals surface area contributed by atoms with Crippen molar-refractivity contribution < 1.29 is 6.85 Å². The fourth-order valence-corrected chi connectivity index (χ4v) is 13.9. The molecule has 0 amide bonds. The van der Waals surface area contributed by atoms with Crippen LogP contribution in [-0.4, -0.2) is 11.3 Å². The number of nitrogens with zero attached hydrogens (tertiary/aromatic N) is 4. The lowest BCUT2D eigenvalue weighted by atomic mass is 9.33. The molecule has 0 radical (unpaired) electrons. The van der Waals surface area contributed by atoms with E-state index in [-0.39, 0.29) is 58.1 Å². The number of benzene rings is 11. The predicted molar refractivity (Wildman–Crippen MR) is 395 cm³/mol. The average Bonchev–Trinajstić information content (AvgIpc) is 0.989. The lowest BCUT2D eigenvalue weighted by molar-refractivity contribution is 0.569. The number of hydrogen-bond acceptors (Lipinski definition) is 3. The van der Waals surface area contributed by atoms with Crippen molar-refractivity contribution in [2.75, 3.05) is 9.80 Å². The topological polar surface area (TPSA) is 35.2 Å². The molecule has 0 atom stereocenters. The minimum atomic E-state index is -0.434. The van der Waals surface area contributed by atoms with Crippen LogP contribution in [0.25, 0.3) is 72.0 Å². The minimum Gasteiger partial charge on any atom is -0.311 e. The molecule has 5 heteroatoms. The molecule has 0 saturated heterocycles. The summed E-state index contributed by atoms with van der Waals surface area (Å²) in [5.74, 6) is 0. The van der Waals surface area contributed by atoms with E-state index in [9.17, 15) is 8.00 Å². The van der Waals surface area contributed by atoms with E-state index in [2.05, 4.69) is 300 Å². The quantitative estimate of drug-likeness (QED) is 0.149. The molecule has 0 unspecified atom stereocenters. The molecule has 12 aromatic rings. The van der Waals surface area contributed by atoms with Crippen LogP contribution in [0.1, 0.15) is 144 Å². The lowest BCUT2D eigenvalue weighted by Gasteiger charge is -2.45. The van der Waals surface area contributed by atoms with Crippen LogP contribution < -0.4 is 26.2 Å². The molecule has 3 heterocycles. The Kier molecular flexibility index (Phi) is 12.8. The van der Waals surface area contributed by atoms with Crippen molar-refractivity contribution in [2.45, 2.75) is 131 Å². The molecule has 0 N–H and O–H groups in total. The van der Waals surface area contributed by atoms with E-state index in [0.29, 0.717) is 11.1 Å². The van der Waals surface area contributed by atoms with Gasteiger partial charge in [0.15, 0.2) is 0 Å². The van der Waals surface area contributed by atoms with Gasteiger partial charge in [0.05, 0.1) is 34.8 Å². The summed E-state index contributed by atoms with van der Waals surface area (Å²) in [5.41, 5.74) is 24.1. The maximum Gasteiger partial charge on any atom is 0.252 e. The summed E-state index contributed by atoms with van der Waals surface area (Å²) in [5, 5.41) is 13.8. The van der Waals surface area contributed by atoms with E-state index < -0.39 is 11.5 Å². The number of fused-ring (bicyclic) bond motifs is 7. The van der Waals surface area contributed by atoms with Crippen LogP contribution in [0, 0.1) is 11.3 Å². The molecule has 2 aliphatic rings. The molecule has 0 aliphatic carbocycles. The van der Waals surface area contributed by atoms with Crippen molar-refractivity contribution in [3.05, 3.63) is 264 Å². The third kappa shape index (κ3) is 10.4. The van der Waals surface area contributed by atoms with Crippen LogP contribution in [0.15, 0.2) is 230 Å². The Morgan fingerprint density at radius 1 is 0.348 bits per heavy atom. The number of rotatable bonds is 7. The van der Waals surface area contributed by atoms with Gasteiger partial charge in [-0.3, -0.25) is 0 Å². The number of aromatic nitrogens is 1. The zero-order valence-electron chi connectivity index (χ0n) is 60.9. The molecule has 2 aliphatic heterocycles. The Hall–Kier alpha value is -9.63. The first kappa shape index (κ1) is 54.1. The second-order valence-electron chi connectivity index (χ2n) is 30.7. The van der Waals surface area contributed by atoms with Crippen LogP contribution in [0.2, 0.25) is 0 Å². The van der Waals surface area contributed by atoms with Crippen molar-refractivity contribution in [3.8, 4) is 56.3 Å². The van der Waals surface area contributed by atoms with Crippen molar-refractivity contribution in [3.63, 3.8) is 0 Å². The maximum atomic E-state index is 11.6. The molecule has 0 saturated carbocycles. The largest absolute Gasteiger partial charge is 0.311 e. The van der Waals surface area contributed by atoms with Gasteiger partial charge in [0.1, 0.15) is 6.07 Å².